The smallest absolute Gasteiger partial charge is 0.276 e. The molecule has 0 unspecified atom stereocenters. The van der Waals surface area contributed by atoms with E-state index in [1.165, 1.54) is 0 Å². The zero-order valence-electron chi connectivity index (χ0n) is 10.8. The fourth-order valence-corrected chi connectivity index (χ4v) is 2.43. The number of halogens is 1. The lowest BCUT2D eigenvalue weighted by molar-refractivity contribution is 0.0725. The Bertz CT molecular complexity index is 603. The molecule has 0 atom stereocenters. The highest BCUT2D eigenvalue weighted by molar-refractivity contribution is 9.10. The van der Waals surface area contributed by atoms with Gasteiger partial charge in [0.15, 0.2) is 11.5 Å². The monoisotopic (exact) mass is 339 g/mol. The zero-order valence-corrected chi connectivity index (χ0v) is 12.3. The van der Waals surface area contributed by atoms with Crippen LogP contribution in [0.5, 0.6) is 0 Å². The largest absolute Gasteiger partial charge is 0.359 e. The fraction of sp³-hybridized carbons (Fsp3) is 0.417. The highest BCUT2D eigenvalue weighted by atomic mass is 79.9. The van der Waals surface area contributed by atoms with Crippen LogP contribution in [0.1, 0.15) is 16.2 Å². The molecule has 3 rings (SSSR count). The Kier molecular flexibility index (Phi) is 3.83. The van der Waals surface area contributed by atoms with Crippen LogP contribution < -0.4 is 5.32 Å². The third kappa shape index (κ3) is 2.91. The molecular formula is C12H14BrN5O2. The Morgan fingerprint density at radius 2 is 2.25 bits per heavy atom. The summed E-state index contributed by atoms with van der Waals surface area (Å²) in [6.45, 7) is 3.49. The van der Waals surface area contributed by atoms with Gasteiger partial charge < -0.3 is 14.7 Å². The van der Waals surface area contributed by atoms with Gasteiger partial charge in [0.2, 0.25) is 0 Å². The average Bonchev–Trinajstić information content (AvgIpc) is 3.09. The second-order valence-electron chi connectivity index (χ2n) is 4.58. The number of hydrogen-bond acceptors (Lipinski definition) is 5. The molecule has 2 aromatic rings. The fourth-order valence-electron chi connectivity index (χ4n) is 2.10. The first-order chi connectivity index (χ1) is 9.72. The third-order valence-electron chi connectivity index (χ3n) is 3.10. The van der Waals surface area contributed by atoms with Crippen LogP contribution in [0.15, 0.2) is 27.5 Å². The molecular weight excluding hydrogens is 326 g/mol. The molecule has 1 amide bonds. The maximum Gasteiger partial charge on any atom is 0.276 e. The van der Waals surface area contributed by atoms with Crippen molar-refractivity contribution in [2.24, 2.45) is 0 Å². The van der Waals surface area contributed by atoms with E-state index in [2.05, 4.69) is 31.5 Å². The van der Waals surface area contributed by atoms with Crippen LogP contribution in [0.4, 0.5) is 0 Å². The van der Waals surface area contributed by atoms with E-state index in [4.69, 9.17) is 4.52 Å². The summed E-state index contributed by atoms with van der Waals surface area (Å²) >= 11 is 3.33. The maximum absolute atomic E-state index is 12.2. The van der Waals surface area contributed by atoms with E-state index in [1.54, 1.807) is 21.8 Å². The molecule has 0 radical (unpaired) electrons. The van der Waals surface area contributed by atoms with E-state index in [0.29, 0.717) is 31.1 Å². The topological polar surface area (TPSA) is 76.2 Å². The second-order valence-corrected chi connectivity index (χ2v) is 5.49. The zero-order chi connectivity index (χ0) is 13.9. The number of rotatable bonds is 3. The molecule has 1 fully saturated rings. The average molecular weight is 340 g/mol. The van der Waals surface area contributed by atoms with Crippen molar-refractivity contribution in [1.82, 2.24) is 25.2 Å². The molecule has 1 aliphatic heterocycles. The molecule has 0 spiro atoms. The van der Waals surface area contributed by atoms with Crippen LogP contribution >= 0.6 is 15.9 Å². The van der Waals surface area contributed by atoms with Crippen molar-refractivity contribution in [3.8, 4) is 0 Å². The van der Waals surface area contributed by atoms with Gasteiger partial charge in [-0.2, -0.15) is 5.10 Å². The van der Waals surface area contributed by atoms with E-state index in [1.807, 2.05) is 6.20 Å². The van der Waals surface area contributed by atoms with Crippen LogP contribution in [-0.2, 0) is 6.54 Å². The number of nitrogens with zero attached hydrogens (tertiary/aromatic N) is 4. The standard InChI is InChI=1S/C12H14BrN5O2/c13-9-6-15-18(7-9)8-10-5-11(16-20-10)12(19)17-3-1-14-2-4-17/h5-7,14H,1-4,8H2. The molecule has 1 N–H and O–H groups in total. The van der Waals surface area contributed by atoms with Gasteiger partial charge in [0, 0.05) is 38.4 Å². The summed E-state index contributed by atoms with van der Waals surface area (Å²) < 4.78 is 7.81. The van der Waals surface area contributed by atoms with Crippen molar-refractivity contribution in [3.63, 3.8) is 0 Å². The van der Waals surface area contributed by atoms with Gasteiger partial charge in [-0.05, 0) is 15.9 Å². The van der Waals surface area contributed by atoms with Gasteiger partial charge in [0.25, 0.3) is 5.91 Å². The molecule has 0 saturated carbocycles. The van der Waals surface area contributed by atoms with Crippen molar-refractivity contribution in [2.45, 2.75) is 6.54 Å². The van der Waals surface area contributed by atoms with Crippen molar-refractivity contribution in [2.75, 3.05) is 26.2 Å². The third-order valence-corrected chi connectivity index (χ3v) is 3.51. The molecule has 7 nitrogen and oxygen atoms in total. The molecule has 3 heterocycles. The van der Waals surface area contributed by atoms with Gasteiger partial charge in [-0.15, -0.1) is 0 Å². The van der Waals surface area contributed by atoms with Gasteiger partial charge in [0.05, 0.1) is 10.7 Å². The summed E-state index contributed by atoms with van der Waals surface area (Å²) in [5.74, 6) is 0.530. The van der Waals surface area contributed by atoms with Crippen molar-refractivity contribution in [1.29, 1.82) is 0 Å². The summed E-state index contributed by atoms with van der Waals surface area (Å²) in [5.41, 5.74) is 0.355. The van der Waals surface area contributed by atoms with E-state index in [-0.39, 0.29) is 5.91 Å². The van der Waals surface area contributed by atoms with Gasteiger partial charge in [0.1, 0.15) is 6.54 Å². The molecule has 0 bridgehead atoms. The Morgan fingerprint density at radius 3 is 2.95 bits per heavy atom. The van der Waals surface area contributed by atoms with Crippen LogP contribution in [-0.4, -0.2) is 51.9 Å². The number of carbonyl (C=O) groups is 1. The lowest BCUT2D eigenvalue weighted by atomic mass is 10.3. The number of piperazine rings is 1. The van der Waals surface area contributed by atoms with E-state index >= 15 is 0 Å². The minimum Gasteiger partial charge on any atom is -0.359 e. The summed E-state index contributed by atoms with van der Waals surface area (Å²) in [6.07, 6.45) is 3.53. The Hall–Kier alpha value is -1.67. The molecule has 20 heavy (non-hydrogen) atoms. The lowest BCUT2D eigenvalue weighted by Crippen LogP contribution is -2.46. The summed E-state index contributed by atoms with van der Waals surface area (Å²) in [7, 11) is 0. The molecule has 1 saturated heterocycles. The van der Waals surface area contributed by atoms with Crippen LogP contribution in [0.25, 0.3) is 0 Å². The molecule has 1 aliphatic rings. The minimum absolute atomic E-state index is 0.0804. The predicted molar refractivity (Wildman–Crippen MR) is 74.3 cm³/mol. The summed E-state index contributed by atoms with van der Waals surface area (Å²) in [4.78, 5) is 14.0. The van der Waals surface area contributed by atoms with Gasteiger partial charge >= 0.3 is 0 Å². The molecule has 106 valence electrons. The first-order valence-electron chi connectivity index (χ1n) is 6.36. The van der Waals surface area contributed by atoms with Crippen LogP contribution in [0.2, 0.25) is 0 Å². The quantitative estimate of drug-likeness (QED) is 0.891. The molecule has 2 aromatic heterocycles. The normalized spacial score (nSPS) is 15.6. The van der Waals surface area contributed by atoms with Gasteiger partial charge in [-0.3, -0.25) is 9.48 Å². The first kappa shape index (κ1) is 13.3. The van der Waals surface area contributed by atoms with Crippen LogP contribution in [0.3, 0.4) is 0 Å². The van der Waals surface area contributed by atoms with Crippen molar-refractivity contribution >= 4 is 21.8 Å². The van der Waals surface area contributed by atoms with Crippen molar-refractivity contribution in [3.05, 3.63) is 34.4 Å². The van der Waals surface area contributed by atoms with Crippen molar-refractivity contribution < 1.29 is 9.32 Å². The van der Waals surface area contributed by atoms with E-state index in [0.717, 1.165) is 17.6 Å². The molecule has 0 aromatic carbocycles. The maximum atomic E-state index is 12.2. The van der Waals surface area contributed by atoms with E-state index < -0.39 is 0 Å². The van der Waals surface area contributed by atoms with Gasteiger partial charge in [-0.25, -0.2) is 0 Å². The SMILES string of the molecule is O=C(c1cc(Cn2cc(Br)cn2)on1)N1CCNCC1. The van der Waals surface area contributed by atoms with Gasteiger partial charge in [-0.1, -0.05) is 5.16 Å². The number of hydrogen-bond donors (Lipinski definition) is 1. The lowest BCUT2D eigenvalue weighted by Gasteiger charge is -2.26. The number of carbonyl (C=O) groups excluding carboxylic acids is 1. The number of nitrogens with one attached hydrogen (secondary N) is 1. The molecule has 8 heteroatoms. The predicted octanol–water partition coefficient (Wildman–Crippen LogP) is 0.727. The van der Waals surface area contributed by atoms with E-state index in [9.17, 15) is 4.79 Å². The minimum atomic E-state index is -0.0804. The second kappa shape index (κ2) is 5.76. The number of amides is 1. The Balaban J connectivity index is 1.68. The highest BCUT2D eigenvalue weighted by Crippen LogP contribution is 2.11. The Morgan fingerprint density at radius 1 is 1.45 bits per heavy atom. The highest BCUT2D eigenvalue weighted by Gasteiger charge is 2.21. The first-order valence-corrected chi connectivity index (χ1v) is 7.15. The van der Waals surface area contributed by atoms with Crippen LogP contribution in [0, 0.1) is 0 Å². The summed E-state index contributed by atoms with van der Waals surface area (Å²) in [5, 5.41) is 11.2. The number of aromatic nitrogens is 3. The Labute approximate surface area is 124 Å². The summed E-state index contributed by atoms with van der Waals surface area (Å²) in [6, 6.07) is 1.68. The molecule has 0 aliphatic carbocycles.